The molecule has 1 rings (SSSR count). The number of hydrogen-bond acceptors (Lipinski definition) is 2. The van der Waals surface area contributed by atoms with E-state index >= 15 is 0 Å². The lowest BCUT2D eigenvalue weighted by Gasteiger charge is -2.12. The van der Waals surface area contributed by atoms with Crippen molar-refractivity contribution in [1.82, 2.24) is 0 Å². The molecule has 0 radical (unpaired) electrons. The highest BCUT2D eigenvalue weighted by atomic mass is 16.4. The molecule has 0 heterocycles. The molecule has 1 unspecified atom stereocenters. The normalized spacial score (nSPS) is 12.3. The molecule has 0 aliphatic heterocycles. The smallest absolute Gasteiger partial charge is 0.310 e. The van der Waals surface area contributed by atoms with Crippen LogP contribution in [0.4, 0.5) is 5.69 Å². The molecule has 1 aromatic carbocycles. The predicted octanol–water partition coefficient (Wildman–Crippen LogP) is 3.02. The van der Waals surface area contributed by atoms with Crippen LogP contribution >= 0.6 is 0 Å². The molecule has 0 aliphatic carbocycles. The first-order chi connectivity index (χ1) is 7.65. The highest BCUT2D eigenvalue weighted by molar-refractivity contribution is 5.76. The summed E-state index contributed by atoms with van der Waals surface area (Å²) in [5.41, 5.74) is 7.09. The number of rotatable bonds is 6. The van der Waals surface area contributed by atoms with Gasteiger partial charge in [-0.2, -0.15) is 0 Å². The zero-order valence-corrected chi connectivity index (χ0v) is 9.65. The van der Waals surface area contributed by atoms with Gasteiger partial charge in [0.25, 0.3) is 0 Å². The van der Waals surface area contributed by atoms with E-state index in [2.05, 4.69) is 6.92 Å². The Morgan fingerprint density at radius 2 is 2.19 bits per heavy atom. The fourth-order valence-electron chi connectivity index (χ4n) is 1.81. The largest absolute Gasteiger partial charge is 0.481 e. The highest BCUT2D eigenvalue weighted by Crippen LogP contribution is 2.24. The van der Waals surface area contributed by atoms with Gasteiger partial charge in [0.2, 0.25) is 0 Å². The topological polar surface area (TPSA) is 63.3 Å². The highest BCUT2D eigenvalue weighted by Gasteiger charge is 2.19. The van der Waals surface area contributed by atoms with Crippen molar-refractivity contribution in [2.24, 2.45) is 0 Å². The summed E-state index contributed by atoms with van der Waals surface area (Å²) in [4.78, 5) is 11.2. The molecule has 1 aromatic rings. The number of hydrogen-bond donors (Lipinski definition) is 2. The van der Waals surface area contributed by atoms with E-state index < -0.39 is 11.9 Å². The van der Waals surface area contributed by atoms with E-state index in [0.717, 1.165) is 24.8 Å². The van der Waals surface area contributed by atoms with Crippen LogP contribution in [0, 0.1) is 0 Å². The molecule has 3 nitrogen and oxygen atoms in total. The first kappa shape index (κ1) is 12.6. The quantitative estimate of drug-likeness (QED) is 0.573. The predicted molar refractivity (Wildman–Crippen MR) is 65.4 cm³/mol. The molecule has 1 atom stereocenters. The Morgan fingerprint density at radius 3 is 2.75 bits per heavy atom. The van der Waals surface area contributed by atoms with Crippen molar-refractivity contribution >= 4 is 11.7 Å². The van der Waals surface area contributed by atoms with Crippen LogP contribution in [0.1, 0.15) is 44.1 Å². The van der Waals surface area contributed by atoms with Crippen molar-refractivity contribution < 1.29 is 9.90 Å². The fraction of sp³-hybridized carbons (Fsp3) is 0.462. The number of benzene rings is 1. The Bertz CT molecular complexity index is 350. The van der Waals surface area contributed by atoms with Gasteiger partial charge in [0, 0.05) is 5.69 Å². The lowest BCUT2D eigenvalue weighted by atomic mass is 9.93. The number of nitrogens with two attached hydrogens (primary N) is 1. The third-order valence-corrected chi connectivity index (χ3v) is 2.71. The molecule has 0 saturated heterocycles. The van der Waals surface area contributed by atoms with Gasteiger partial charge in [-0.15, -0.1) is 0 Å². The van der Waals surface area contributed by atoms with Crippen molar-refractivity contribution in [2.45, 2.75) is 38.5 Å². The third-order valence-electron chi connectivity index (χ3n) is 2.71. The summed E-state index contributed by atoms with van der Waals surface area (Å²) in [5.74, 6) is -1.18. The van der Waals surface area contributed by atoms with Crippen LogP contribution in [0.15, 0.2) is 24.3 Å². The van der Waals surface area contributed by atoms with Crippen LogP contribution in [-0.4, -0.2) is 11.1 Å². The van der Waals surface area contributed by atoms with Gasteiger partial charge >= 0.3 is 5.97 Å². The maximum Gasteiger partial charge on any atom is 0.310 e. The van der Waals surface area contributed by atoms with E-state index in [1.165, 1.54) is 0 Å². The molecule has 16 heavy (non-hydrogen) atoms. The summed E-state index contributed by atoms with van der Waals surface area (Å²) in [7, 11) is 0. The lowest BCUT2D eigenvalue weighted by molar-refractivity contribution is -0.139. The van der Waals surface area contributed by atoms with Gasteiger partial charge in [0.15, 0.2) is 0 Å². The lowest BCUT2D eigenvalue weighted by Crippen LogP contribution is -2.11. The minimum Gasteiger partial charge on any atom is -0.481 e. The van der Waals surface area contributed by atoms with Gasteiger partial charge in [0.05, 0.1) is 5.92 Å². The van der Waals surface area contributed by atoms with Crippen LogP contribution in [0.5, 0.6) is 0 Å². The van der Waals surface area contributed by atoms with E-state index in [1.807, 2.05) is 6.07 Å². The van der Waals surface area contributed by atoms with E-state index in [-0.39, 0.29) is 0 Å². The molecule has 0 fully saturated rings. The second-order valence-electron chi connectivity index (χ2n) is 4.06. The van der Waals surface area contributed by atoms with E-state index in [1.54, 1.807) is 18.2 Å². The second-order valence-corrected chi connectivity index (χ2v) is 4.06. The maximum atomic E-state index is 11.2. The fourth-order valence-corrected chi connectivity index (χ4v) is 1.81. The summed E-state index contributed by atoms with van der Waals surface area (Å²) < 4.78 is 0. The Balaban J connectivity index is 2.73. The van der Waals surface area contributed by atoms with Crippen LogP contribution in [-0.2, 0) is 4.79 Å². The zero-order valence-electron chi connectivity index (χ0n) is 9.65. The van der Waals surface area contributed by atoms with Gasteiger partial charge in [0.1, 0.15) is 0 Å². The summed E-state index contributed by atoms with van der Waals surface area (Å²) in [6.45, 7) is 2.11. The van der Waals surface area contributed by atoms with Crippen LogP contribution in [0.3, 0.4) is 0 Å². The molecule has 0 saturated carbocycles. The Hall–Kier alpha value is -1.51. The molecule has 0 amide bonds. The van der Waals surface area contributed by atoms with Crippen molar-refractivity contribution in [1.29, 1.82) is 0 Å². The van der Waals surface area contributed by atoms with Crippen LogP contribution < -0.4 is 5.73 Å². The summed E-state index contributed by atoms with van der Waals surface area (Å²) in [6, 6.07) is 7.17. The van der Waals surface area contributed by atoms with Crippen molar-refractivity contribution in [3.63, 3.8) is 0 Å². The van der Waals surface area contributed by atoms with E-state index in [4.69, 9.17) is 5.73 Å². The minimum absolute atomic E-state index is 0.421. The average Bonchev–Trinajstić information content (AvgIpc) is 2.24. The molecule has 3 N–H and O–H groups in total. The van der Waals surface area contributed by atoms with Crippen molar-refractivity contribution in [2.75, 3.05) is 5.73 Å². The second kappa shape index (κ2) is 6.16. The third kappa shape index (κ3) is 3.57. The van der Waals surface area contributed by atoms with Gasteiger partial charge in [-0.3, -0.25) is 4.79 Å². The summed E-state index contributed by atoms with van der Waals surface area (Å²) in [6.07, 6.45) is 3.81. The number of unbranched alkanes of at least 4 members (excludes halogenated alkanes) is 2. The SMILES string of the molecule is CCCCCC(C(=O)O)c1cccc(N)c1. The van der Waals surface area contributed by atoms with Crippen molar-refractivity contribution in [3.05, 3.63) is 29.8 Å². The minimum atomic E-state index is -0.762. The maximum absolute atomic E-state index is 11.2. The standard InChI is InChI=1S/C13H19NO2/c1-2-3-4-8-12(13(15)16)10-6-5-7-11(14)9-10/h5-7,9,12H,2-4,8,14H2,1H3,(H,15,16). The number of nitrogen functional groups attached to an aromatic ring is 1. The van der Waals surface area contributed by atoms with Crippen LogP contribution in [0.2, 0.25) is 0 Å². The van der Waals surface area contributed by atoms with E-state index in [0.29, 0.717) is 12.1 Å². The molecule has 3 heteroatoms. The van der Waals surface area contributed by atoms with Crippen molar-refractivity contribution in [3.8, 4) is 0 Å². The summed E-state index contributed by atoms with van der Waals surface area (Å²) >= 11 is 0. The molecular formula is C13H19NO2. The number of carboxylic acid groups (broad SMARTS) is 1. The Morgan fingerprint density at radius 1 is 1.44 bits per heavy atom. The first-order valence-electron chi connectivity index (χ1n) is 5.73. The number of carboxylic acids is 1. The van der Waals surface area contributed by atoms with E-state index in [9.17, 15) is 9.90 Å². The number of anilines is 1. The van der Waals surface area contributed by atoms with Gasteiger partial charge in [-0.05, 0) is 24.1 Å². The molecule has 0 aliphatic rings. The van der Waals surface area contributed by atoms with Gasteiger partial charge < -0.3 is 10.8 Å². The molecule has 0 aromatic heterocycles. The zero-order chi connectivity index (χ0) is 12.0. The number of aliphatic carboxylic acids is 1. The molecule has 0 bridgehead atoms. The Kier molecular flexibility index (Phi) is 4.83. The van der Waals surface area contributed by atoms with Gasteiger partial charge in [-0.25, -0.2) is 0 Å². The molecular weight excluding hydrogens is 202 g/mol. The Labute approximate surface area is 96.3 Å². The monoisotopic (exact) mass is 221 g/mol. The summed E-state index contributed by atoms with van der Waals surface area (Å²) in [5, 5.41) is 9.18. The first-order valence-corrected chi connectivity index (χ1v) is 5.73. The molecule has 0 spiro atoms. The average molecular weight is 221 g/mol. The molecule has 88 valence electrons. The van der Waals surface area contributed by atoms with Gasteiger partial charge in [-0.1, -0.05) is 38.3 Å². The van der Waals surface area contributed by atoms with Crippen LogP contribution in [0.25, 0.3) is 0 Å². The number of carbonyl (C=O) groups is 1.